The molecule has 0 unspecified atom stereocenters. The number of halogens is 3. The van der Waals surface area contributed by atoms with Gasteiger partial charge in [-0.1, -0.05) is 54.6 Å². The molecule has 0 fully saturated rings. The molecule has 0 aliphatic carbocycles. The van der Waals surface area contributed by atoms with E-state index in [0.29, 0.717) is 29.1 Å². The largest absolute Gasteiger partial charge is 0.494 e. The van der Waals surface area contributed by atoms with Crippen molar-refractivity contribution in [2.75, 3.05) is 7.11 Å². The molecular formula is C28H22F3N3O5S. The third kappa shape index (κ3) is 6.12. The van der Waals surface area contributed by atoms with Gasteiger partial charge in [-0.2, -0.15) is 13.2 Å². The Kier molecular flexibility index (Phi) is 8.49. The number of methoxy groups -OCH3 is 1. The van der Waals surface area contributed by atoms with E-state index in [-0.39, 0.29) is 11.5 Å². The van der Waals surface area contributed by atoms with E-state index in [1.165, 1.54) is 18.4 Å². The number of nitrogens with zero attached hydrogens (tertiary/aromatic N) is 2. The third-order valence-electron chi connectivity index (χ3n) is 5.76. The van der Waals surface area contributed by atoms with Crippen molar-refractivity contribution in [1.82, 2.24) is 14.9 Å². The Bertz CT molecular complexity index is 1720. The average Bonchev–Trinajstić information content (AvgIpc) is 3.35. The van der Waals surface area contributed by atoms with Crippen LogP contribution in [0.15, 0.2) is 83.8 Å². The molecule has 3 heterocycles. The Morgan fingerprint density at radius 2 is 1.68 bits per heavy atom. The molecule has 3 aromatic heterocycles. The highest BCUT2D eigenvalue weighted by molar-refractivity contribution is 7.22. The van der Waals surface area contributed by atoms with Gasteiger partial charge in [0.25, 0.3) is 11.5 Å². The van der Waals surface area contributed by atoms with Gasteiger partial charge in [0.05, 0.1) is 29.6 Å². The minimum Gasteiger partial charge on any atom is -0.494 e. The molecule has 0 atom stereocenters. The number of hydrogen-bond donors (Lipinski definition) is 2. The molecule has 0 saturated carbocycles. The van der Waals surface area contributed by atoms with E-state index >= 15 is 0 Å². The first-order valence-electron chi connectivity index (χ1n) is 11.8. The maximum Gasteiger partial charge on any atom is 0.490 e. The van der Waals surface area contributed by atoms with Gasteiger partial charge in [-0.05, 0) is 23.8 Å². The fourth-order valence-electron chi connectivity index (χ4n) is 3.96. The van der Waals surface area contributed by atoms with E-state index in [4.69, 9.17) is 14.6 Å². The summed E-state index contributed by atoms with van der Waals surface area (Å²) in [4.78, 5) is 40.4. The zero-order chi connectivity index (χ0) is 28.9. The monoisotopic (exact) mass is 569 g/mol. The highest BCUT2D eigenvalue weighted by Crippen LogP contribution is 2.39. The van der Waals surface area contributed by atoms with Crippen LogP contribution in [0, 0.1) is 0 Å². The molecule has 2 N–H and O–H groups in total. The molecule has 206 valence electrons. The topological polar surface area (TPSA) is 111 Å². The molecule has 2 aromatic carbocycles. The minimum absolute atomic E-state index is 0.204. The number of aromatic nitrogens is 2. The number of para-hydroxylation sites is 1. The molecule has 1 amide bonds. The SMILES string of the molecule is COc1c(C(=O)NCc2ccccc2)sc2c1c(=O)n(Cc1ccccn1)c1ccccc21.O=C(O)C(F)(F)F. The first kappa shape index (κ1) is 28.3. The van der Waals surface area contributed by atoms with Crippen molar-refractivity contribution in [1.29, 1.82) is 0 Å². The highest BCUT2D eigenvalue weighted by Gasteiger charge is 2.38. The summed E-state index contributed by atoms with van der Waals surface area (Å²) in [6.07, 6.45) is -3.37. The van der Waals surface area contributed by atoms with E-state index in [9.17, 15) is 22.8 Å². The second-order valence-electron chi connectivity index (χ2n) is 8.37. The summed E-state index contributed by atoms with van der Waals surface area (Å²) < 4.78 is 39.8. The van der Waals surface area contributed by atoms with Gasteiger partial charge in [-0.25, -0.2) is 4.79 Å². The second kappa shape index (κ2) is 12.0. The summed E-state index contributed by atoms with van der Waals surface area (Å²) in [6, 6.07) is 23.0. The maximum atomic E-state index is 13.7. The molecular weight excluding hydrogens is 547 g/mol. The third-order valence-corrected chi connectivity index (χ3v) is 6.96. The van der Waals surface area contributed by atoms with Gasteiger partial charge in [0, 0.05) is 18.1 Å². The number of carboxylic acids is 1. The number of fused-ring (bicyclic) bond motifs is 3. The number of carbonyl (C=O) groups is 2. The second-order valence-corrected chi connectivity index (χ2v) is 9.39. The summed E-state index contributed by atoms with van der Waals surface area (Å²) >= 11 is 1.28. The van der Waals surface area contributed by atoms with Gasteiger partial charge in [-0.15, -0.1) is 11.3 Å². The van der Waals surface area contributed by atoms with Crippen LogP contribution in [-0.4, -0.2) is 39.8 Å². The molecule has 0 aliphatic heterocycles. The van der Waals surface area contributed by atoms with Crippen LogP contribution in [0.25, 0.3) is 21.0 Å². The smallest absolute Gasteiger partial charge is 0.490 e. The minimum atomic E-state index is -5.08. The number of thiophene rings is 1. The lowest BCUT2D eigenvalue weighted by Crippen LogP contribution is -2.23. The number of benzene rings is 2. The molecule has 12 heteroatoms. The number of rotatable bonds is 6. The van der Waals surface area contributed by atoms with E-state index < -0.39 is 12.1 Å². The first-order valence-corrected chi connectivity index (χ1v) is 12.6. The Hall–Kier alpha value is -4.71. The summed E-state index contributed by atoms with van der Waals surface area (Å²) in [5.41, 5.74) is 2.36. The number of alkyl halides is 3. The fourth-order valence-corrected chi connectivity index (χ4v) is 5.17. The van der Waals surface area contributed by atoms with Crippen molar-refractivity contribution < 1.29 is 32.6 Å². The van der Waals surface area contributed by atoms with Crippen LogP contribution in [-0.2, 0) is 17.9 Å². The number of aliphatic carboxylic acids is 1. The molecule has 5 rings (SSSR count). The Morgan fingerprint density at radius 3 is 2.30 bits per heavy atom. The van der Waals surface area contributed by atoms with E-state index in [0.717, 1.165) is 26.9 Å². The predicted octanol–water partition coefficient (Wildman–Crippen LogP) is 5.23. The van der Waals surface area contributed by atoms with Gasteiger partial charge in [0.15, 0.2) is 5.75 Å². The summed E-state index contributed by atoms with van der Waals surface area (Å²) in [5, 5.41) is 11.4. The van der Waals surface area contributed by atoms with Crippen molar-refractivity contribution in [2.45, 2.75) is 19.3 Å². The molecule has 8 nitrogen and oxygen atoms in total. The van der Waals surface area contributed by atoms with Crippen molar-refractivity contribution in [2.24, 2.45) is 0 Å². The van der Waals surface area contributed by atoms with Crippen LogP contribution < -0.4 is 15.6 Å². The predicted molar refractivity (Wildman–Crippen MR) is 145 cm³/mol. The zero-order valence-corrected chi connectivity index (χ0v) is 21.8. The molecule has 40 heavy (non-hydrogen) atoms. The maximum absolute atomic E-state index is 13.7. The van der Waals surface area contributed by atoms with E-state index in [1.54, 1.807) is 10.8 Å². The first-order chi connectivity index (χ1) is 19.1. The molecule has 0 radical (unpaired) electrons. The summed E-state index contributed by atoms with van der Waals surface area (Å²) in [6.45, 7) is 0.715. The van der Waals surface area contributed by atoms with Crippen LogP contribution in [0.4, 0.5) is 13.2 Å². The van der Waals surface area contributed by atoms with Crippen LogP contribution in [0.3, 0.4) is 0 Å². The number of amides is 1. The lowest BCUT2D eigenvalue weighted by molar-refractivity contribution is -0.192. The van der Waals surface area contributed by atoms with Crippen LogP contribution in [0.5, 0.6) is 5.75 Å². The number of carboxylic acid groups (broad SMARTS) is 1. The normalized spacial score (nSPS) is 11.1. The summed E-state index contributed by atoms with van der Waals surface area (Å²) in [5.74, 6) is -2.71. The van der Waals surface area contributed by atoms with Gasteiger partial charge in [0.1, 0.15) is 10.3 Å². The summed E-state index contributed by atoms with van der Waals surface area (Å²) in [7, 11) is 1.49. The molecule has 0 bridgehead atoms. The Morgan fingerprint density at radius 1 is 1.02 bits per heavy atom. The van der Waals surface area contributed by atoms with Crippen LogP contribution >= 0.6 is 11.3 Å². The fraction of sp³-hybridized carbons (Fsp3) is 0.143. The highest BCUT2D eigenvalue weighted by atomic mass is 32.1. The zero-order valence-electron chi connectivity index (χ0n) is 20.9. The lowest BCUT2D eigenvalue weighted by Gasteiger charge is -2.11. The quantitative estimate of drug-likeness (QED) is 0.290. The molecule has 0 spiro atoms. The number of ether oxygens (including phenoxy) is 1. The van der Waals surface area contributed by atoms with Crippen LogP contribution in [0.1, 0.15) is 20.9 Å². The van der Waals surface area contributed by atoms with E-state index in [1.807, 2.05) is 72.8 Å². The molecule has 0 saturated heterocycles. The van der Waals surface area contributed by atoms with E-state index in [2.05, 4.69) is 10.3 Å². The van der Waals surface area contributed by atoms with Crippen molar-refractivity contribution in [3.05, 3.63) is 105 Å². The Balaban J connectivity index is 0.000000470. The average molecular weight is 570 g/mol. The Labute approximate surface area is 229 Å². The molecule has 0 aliphatic rings. The van der Waals surface area contributed by atoms with Crippen molar-refractivity contribution in [3.63, 3.8) is 0 Å². The van der Waals surface area contributed by atoms with Gasteiger partial charge < -0.3 is 19.7 Å². The standard InChI is InChI=1S/C26H21N3O3S.C2HF3O2/c1-32-22-21-23(33-24(22)25(30)28-15-17-9-3-2-4-10-17)19-12-5-6-13-20(19)29(26(21)31)16-18-11-7-8-14-27-18;3-2(4,5)1(6)7/h2-14H,15-16H2,1H3,(H,28,30);(H,6,7). The van der Waals surface area contributed by atoms with Crippen molar-refractivity contribution >= 4 is 44.2 Å². The van der Waals surface area contributed by atoms with Gasteiger partial charge in [0.2, 0.25) is 0 Å². The van der Waals surface area contributed by atoms with Crippen molar-refractivity contribution in [3.8, 4) is 5.75 Å². The number of pyridine rings is 2. The number of hydrogen-bond acceptors (Lipinski definition) is 6. The van der Waals surface area contributed by atoms with Crippen LogP contribution in [0.2, 0.25) is 0 Å². The number of nitrogens with one attached hydrogen (secondary N) is 1. The van der Waals surface area contributed by atoms with Gasteiger partial charge in [-0.3, -0.25) is 14.6 Å². The molecule has 5 aromatic rings. The number of carbonyl (C=O) groups excluding carboxylic acids is 1. The van der Waals surface area contributed by atoms with Gasteiger partial charge >= 0.3 is 12.1 Å². The lowest BCUT2D eigenvalue weighted by atomic mass is 10.1.